The lowest BCUT2D eigenvalue weighted by atomic mass is 9.98. The molecule has 33 heavy (non-hydrogen) atoms. The SMILES string of the molecule is CSCC[C@@H](NC(=O)OCC1c2ccccc2-c2ccccc21)C(=O)NCCOCC(=O)O. The molecule has 9 heteroatoms. The van der Waals surface area contributed by atoms with Crippen LogP contribution in [0.2, 0.25) is 0 Å². The van der Waals surface area contributed by atoms with Crippen molar-refractivity contribution in [3.8, 4) is 11.1 Å². The topological polar surface area (TPSA) is 114 Å². The number of carbonyl (C=O) groups excluding carboxylic acids is 2. The van der Waals surface area contributed by atoms with Gasteiger partial charge >= 0.3 is 12.1 Å². The third-order valence-electron chi connectivity index (χ3n) is 5.33. The summed E-state index contributed by atoms with van der Waals surface area (Å²) in [4.78, 5) is 35.5. The van der Waals surface area contributed by atoms with Crippen molar-refractivity contribution < 1.29 is 29.0 Å². The summed E-state index contributed by atoms with van der Waals surface area (Å²) in [6.45, 7) is -0.0456. The molecule has 0 aliphatic heterocycles. The van der Waals surface area contributed by atoms with E-state index in [1.807, 2.05) is 42.7 Å². The molecule has 8 nitrogen and oxygen atoms in total. The van der Waals surface area contributed by atoms with Crippen molar-refractivity contribution in [2.45, 2.75) is 18.4 Å². The van der Waals surface area contributed by atoms with Crippen molar-refractivity contribution >= 4 is 29.7 Å². The molecule has 3 rings (SSSR count). The van der Waals surface area contributed by atoms with E-state index in [9.17, 15) is 14.4 Å². The summed E-state index contributed by atoms with van der Waals surface area (Å²) in [7, 11) is 0. The van der Waals surface area contributed by atoms with E-state index in [1.165, 1.54) is 0 Å². The molecule has 2 aromatic rings. The van der Waals surface area contributed by atoms with E-state index in [2.05, 4.69) is 22.8 Å². The number of hydrogen-bond donors (Lipinski definition) is 3. The lowest BCUT2D eigenvalue weighted by Crippen LogP contribution is -2.48. The van der Waals surface area contributed by atoms with E-state index in [-0.39, 0.29) is 31.6 Å². The first-order valence-electron chi connectivity index (χ1n) is 10.7. The number of carbonyl (C=O) groups is 3. The van der Waals surface area contributed by atoms with Crippen LogP contribution >= 0.6 is 11.8 Å². The van der Waals surface area contributed by atoms with Gasteiger partial charge in [-0.3, -0.25) is 4.79 Å². The van der Waals surface area contributed by atoms with Crippen molar-refractivity contribution in [3.63, 3.8) is 0 Å². The van der Waals surface area contributed by atoms with Crippen molar-refractivity contribution in [1.29, 1.82) is 0 Å². The molecule has 0 radical (unpaired) electrons. The molecular formula is C24H28N2O6S. The highest BCUT2D eigenvalue weighted by Crippen LogP contribution is 2.44. The minimum Gasteiger partial charge on any atom is -0.480 e. The number of carboxylic acids is 1. The standard InChI is InChI=1S/C24H28N2O6S/c1-33-13-10-21(23(29)25-11-12-31-15-22(27)28)26-24(30)32-14-20-18-8-4-2-6-16(18)17-7-3-5-9-19(17)20/h2-9,20-21H,10-15H2,1H3,(H,25,29)(H,26,30)(H,27,28)/t21-/m1/s1. The number of amides is 2. The Labute approximate surface area is 197 Å². The second-order valence-electron chi connectivity index (χ2n) is 7.54. The normalized spacial score (nSPS) is 13.0. The molecule has 0 bridgehead atoms. The molecule has 2 aromatic carbocycles. The minimum atomic E-state index is -1.07. The maximum absolute atomic E-state index is 12.5. The van der Waals surface area contributed by atoms with Gasteiger partial charge in [-0.15, -0.1) is 0 Å². The van der Waals surface area contributed by atoms with E-state index in [4.69, 9.17) is 14.6 Å². The van der Waals surface area contributed by atoms with Crippen LogP contribution in [0.15, 0.2) is 48.5 Å². The molecule has 0 fully saturated rings. The number of rotatable bonds is 12. The molecule has 1 atom stereocenters. The van der Waals surface area contributed by atoms with Gasteiger partial charge in [-0.1, -0.05) is 48.5 Å². The van der Waals surface area contributed by atoms with Gasteiger partial charge in [-0.25, -0.2) is 9.59 Å². The number of carboxylic acid groups (broad SMARTS) is 1. The zero-order chi connectivity index (χ0) is 23.6. The number of alkyl carbamates (subject to hydrolysis) is 1. The second-order valence-corrected chi connectivity index (χ2v) is 8.53. The van der Waals surface area contributed by atoms with Crippen LogP contribution in [0, 0.1) is 0 Å². The fourth-order valence-electron chi connectivity index (χ4n) is 3.82. The molecular weight excluding hydrogens is 444 g/mol. The Bertz CT molecular complexity index is 937. The van der Waals surface area contributed by atoms with Crippen LogP contribution in [0.1, 0.15) is 23.5 Å². The fraction of sp³-hybridized carbons (Fsp3) is 0.375. The fourth-order valence-corrected chi connectivity index (χ4v) is 4.29. The summed E-state index contributed by atoms with van der Waals surface area (Å²) in [5.74, 6) is -0.822. The van der Waals surface area contributed by atoms with Gasteiger partial charge in [0.25, 0.3) is 0 Å². The zero-order valence-corrected chi connectivity index (χ0v) is 19.2. The number of nitrogens with one attached hydrogen (secondary N) is 2. The Morgan fingerprint density at radius 3 is 2.30 bits per heavy atom. The first-order valence-corrected chi connectivity index (χ1v) is 12.1. The summed E-state index contributed by atoms with van der Waals surface area (Å²) < 4.78 is 10.5. The monoisotopic (exact) mass is 472 g/mol. The molecule has 0 aromatic heterocycles. The molecule has 176 valence electrons. The molecule has 0 unspecified atom stereocenters. The Kier molecular flexibility index (Phi) is 9.14. The third kappa shape index (κ3) is 6.72. The van der Waals surface area contributed by atoms with Crippen molar-refractivity contribution in [2.75, 3.05) is 38.4 Å². The Hall–Kier alpha value is -3.04. The van der Waals surface area contributed by atoms with Gasteiger partial charge in [0.2, 0.25) is 5.91 Å². The van der Waals surface area contributed by atoms with E-state index >= 15 is 0 Å². The Morgan fingerprint density at radius 1 is 1.06 bits per heavy atom. The molecule has 0 saturated heterocycles. The lowest BCUT2D eigenvalue weighted by Gasteiger charge is -2.19. The predicted octanol–water partition coefficient (Wildman–Crippen LogP) is 2.86. The molecule has 0 spiro atoms. The highest BCUT2D eigenvalue weighted by Gasteiger charge is 2.29. The lowest BCUT2D eigenvalue weighted by molar-refractivity contribution is -0.142. The zero-order valence-electron chi connectivity index (χ0n) is 18.4. The largest absolute Gasteiger partial charge is 0.480 e. The predicted molar refractivity (Wildman–Crippen MR) is 126 cm³/mol. The van der Waals surface area contributed by atoms with Crippen LogP contribution in [-0.2, 0) is 19.1 Å². The average Bonchev–Trinajstić information content (AvgIpc) is 3.13. The van der Waals surface area contributed by atoms with Crippen LogP contribution < -0.4 is 10.6 Å². The number of fused-ring (bicyclic) bond motifs is 3. The first-order chi connectivity index (χ1) is 16.0. The van der Waals surface area contributed by atoms with Gasteiger partial charge < -0.3 is 25.2 Å². The number of hydrogen-bond acceptors (Lipinski definition) is 6. The summed E-state index contributed by atoms with van der Waals surface area (Å²) in [5.41, 5.74) is 4.52. The highest BCUT2D eigenvalue weighted by atomic mass is 32.2. The van der Waals surface area contributed by atoms with Gasteiger partial charge in [0.15, 0.2) is 0 Å². The summed E-state index contributed by atoms with van der Waals surface area (Å²) in [5, 5.41) is 13.9. The molecule has 1 aliphatic carbocycles. The molecule has 3 N–H and O–H groups in total. The summed E-state index contributed by atoms with van der Waals surface area (Å²) >= 11 is 1.57. The van der Waals surface area contributed by atoms with Crippen molar-refractivity contribution in [2.24, 2.45) is 0 Å². The van der Waals surface area contributed by atoms with Crippen LogP contribution in [0.3, 0.4) is 0 Å². The van der Waals surface area contributed by atoms with Gasteiger partial charge in [0, 0.05) is 12.5 Å². The van der Waals surface area contributed by atoms with Gasteiger partial charge in [-0.2, -0.15) is 11.8 Å². The van der Waals surface area contributed by atoms with Gasteiger partial charge in [0.05, 0.1) is 6.61 Å². The highest BCUT2D eigenvalue weighted by molar-refractivity contribution is 7.98. The Morgan fingerprint density at radius 2 is 1.70 bits per heavy atom. The van der Waals surface area contributed by atoms with E-state index in [0.29, 0.717) is 12.2 Å². The summed E-state index contributed by atoms with van der Waals surface area (Å²) in [6.07, 6.45) is 1.70. The average molecular weight is 473 g/mol. The van der Waals surface area contributed by atoms with Crippen LogP contribution in [-0.4, -0.2) is 67.5 Å². The van der Waals surface area contributed by atoms with Crippen molar-refractivity contribution in [3.05, 3.63) is 59.7 Å². The number of ether oxygens (including phenoxy) is 2. The van der Waals surface area contributed by atoms with Crippen LogP contribution in [0.4, 0.5) is 4.79 Å². The number of thioether (sulfide) groups is 1. The maximum atomic E-state index is 12.5. The molecule has 0 saturated carbocycles. The van der Waals surface area contributed by atoms with Crippen LogP contribution in [0.5, 0.6) is 0 Å². The maximum Gasteiger partial charge on any atom is 0.407 e. The number of benzene rings is 2. The quantitative estimate of drug-likeness (QED) is 0.407. The van der Waals surface area contributed by atoms with Gasteiger partial charge in [-0.05, 0) is 40.7 Å². The minimum absolute atomic E-state index is 0.0620. The van der Waals surface area contributed by atoms with E-state index in [1.54, 1.807) is 11.8 Å². The molecule has 2 amide bonds. The third-order valence-corrected chi connectivity index (χ3v) is 5.98. The summed E-state index contributed by atoms with van der Waals surface area (Å²) in [6, 6.07) is 15.4. The molecule has 0 heterocycles. The van der Waals surface area contributed by atoms with Crippen molar-refractivity contribution in [1.82, 2.24) is 10.6 Å². The Balaban J connectivity index is 1.55. The van der Waals surface area contributed by atoms with Crippen LogP contribution in [0.25, 0.3) is 11.1 Å². The van der Waals surface area contributed by atoms with E-state index in [0.717, 1.165) is 22.3 Å². The smallest absolute Gasteiger partial charge is 0.407 e. The van der Waals surface area contributed by atoms with Gasteiger partial charge in [0.1, 0.15) is 19.3 Å². The second kappa shape index (κ2) is 12.3. The van der Waals surface area contributed by atoms with E-state index < -0.39 is 24.7 Å². The molecule has 1 aliphatic rings. The number of aliphatic carboxylic acids is 1. The first kappa shape index (κ1) is 24.6.